The number of aryl methyl sites for hydroxylation is 2. The summed E-state index contributed by atoms with van der Waals surface area (Å²) in [5, 5.41) is 8.00. The number of esters is 1. The summed E-state index contributed by atoms with van der Waals surface area (Å²) in [6, 6.07) is 4.86. The van der Waals surface area contributed by atoms with E-state index in [0.717, 1.165) is 36.1 Å². The molecule has 0 spiro atoms. The summed E-state index contributed by atoms with van der Waals surface area (Å²) in [7, 11) is 1.65. The Hall–Kier alpha value is -2.71. The second kappa shape index (κ2) is 8.20. The highest BCUT2D eigenvalue weighted by atomic mass is 35.5. The number of rotatable bonds is 4. The van der Waals surface area contributed by atoms with E-state index >= 15 is 0 Å². The van der Waals surface area contributed by atoms with Gasteiger partial charge in [-0.15, -0.1) is 11.3 Å². The lowest BCUT2D eigenvalue weighted by Crippen LogP contribution is -2.26. The summed E-state index contributed by atoms with van der Waals surface area (Å²) < 4.78 is 6.68. The van der Waals surface area contributed by atoms with E-state index in [2.05, 4.69) is 10.4 Å². The zero-order chi connectivity index (χ0) is 21.4. The predicted octanol–water partition coefficient (Wildman–Crippen LogP) is 3.96. The summed E-state index contributed by atoms with van der Waals surface area (Å²) >= 11 is 7.39. The Balaban J connectivity index is 1.76. The quantitative estimate of drug-likeness (QED) is 0.614. The van der Waals surface area contributed by atoms with Crippen molar-refractivity contribution in [2.75, 3.05) is 11.9 Å². The summed E-state index contributed by atoms with van der Waals surface area (Å²) in [6.45, 7) is 1.98. The molecule has 1 N–H and O–H groups in total. The van der Waals surface area contributed by atoms with Gasteiger partial charge < -0.3 is 10.1 Å². The largest absolute Gasteiger partial charge is 0.462 e. The van der Waals surface area contributed by atoms with Crippen LogP contribution in [0.4, 0.5) is 5.00 Å². The topological polar surface area (TPSA) is 90.3 Å². The molecule has 0 fully saturated rings. The molecular formula is C21H20ClN3O4S. The van der Waals surface area contributed by atoms with Crippen LogP contribution in [0.25, 0.3) is 10.9 Å². The minimum atomic E-state index is -0.665. The molecule has 2 aromatic heterocycles. The van der Waals surface area contributed by atoms with Gasteiger partial charge in [0.1, 0.15) is 5.00 Å². The van der Waals surface area contributed by atoms with Crippen LogP contribution in [0, 0.1) is 0 Å². The van der Waals surface area contributed by atoms with Gasteiger partial charge in [-0.1, -0.05) is 11.6 Å². The van der Waals surface area contributed by atoms with Gasteiger partial charge in [0, 0.05) is 16.9 Å². The van der Waals surface area contributed by atoms with Crippen LogP contribution in [0.3, 0.4) is 0 Å². The zero-order valence-electron chi connectivity index (χ0n) is 16.6. The lowest BCUT2D eigenvalue weighted by atomic mass is 9.95. The van der Waals surface area contributed by atoms with E-state index in [4.69, 9.17) is 16.3 Å². The third-order valence-corrected chi connectivity index (χ3v) is 6.55. The van der Waals surface area contributed by atoms with Crippen molar-refractivity contribution in [2.24, 2.45) is 7.05 Å². The van der Waals surface area contributed by atoms with Gasteiger partial charge in [0.25, 0.3) is 5.91 Å². The Morgan fingerprint density at radius 2 is 2.07 bits per heavy atom. The zero-order valence-corrected chi connectivity index (χ0v) is 18.2. The molecule has 30 heavy (non-hydrogen) atoms. The molecule has 0 saturated heterocycles. The van der Waals surface area contributed by atoms with Gasteiger partial charge in [-0.2, -0.15) is 5.10 Å². The van der Waals surface area contributed by atoms with E-state index < -0.39 is 17.3 Å². The normalized spacial score (nSPS) is 13.2. The standard InChI is InChI=1S/C21H20ClN3O4S/c1-3-29-21(28)16-12-6-4-5-7-15(12)30-20(16)23-19(27)17-18(26)13-10-11(22)8-9-14(13)25(2)24-17/h8-10H,3-7H2,1-2H3,(H,23,27). The van der Waals surface area contributed by atoms with Gasteiger partial charge in [-0.25, -0.2) is 4.79 Å². The Kier molecular flexibility index (Phi) is 5.62. The highest BCUT2D eigenvalue weighted by molar-refractivity contribution is 7.17. The molecule has 0 bridgehead atoms. The first-order valence-electron chi connectivity index (χ1n) is 9.70. The van der Waals surface area contributed by atoms with Crippen LogP contribution in [0.15, 0.2) is 23.0 Å². The number of hydrogen-bond donors (Lipinski definition) is 1. The van der Waals surface area contributed by atoms with E-state index in [-0.39, 0.29) is 12.3 Å². The number of fused-ring (bicyclic) bond motifs is 2. The molecule has 9 heteroatoms. The van der Waals surface area contributed by atoms with E-state index in [1.165, 1.54) is 22.1 Å². The minimum absolute atomic E-state index is 0.240. The molecule has 1 aromatic carbocycles. The molecule has 2 heterocycles. The van der Waals surface area contributed by atoms with Crippen molar-refractivity contribution in [1.82, 2.24) is 9.78 Å². The van der Waals surface area contributed by atoms with Crippen molar-refractivity contribution in [3.8, 4) is 0 Å². The number of carbonyl (C=O) groups excluding carboxylic acids is 2. The number of thiophene rings is 1. The number of carbonyl (C=O) groups is 2. The van der Waals surface area contributed by atoms with Gasteiger partial charge >= 0.3 is 5.97 Å². The monoisotopic (exact) mass is 445 g/mol. The minimum Gasteiger partial charge on any atom is -0.462 e. The fourth-order valence-electron chi connectivity index (χ4n) is 3.73. The highest BCUT2D eigenvalue weighted by Crippen LogP contribution is 2.38. The SMILES string of the molecule is CCOC(=O)c1c(NC(=O)c2nn(C)c3ccc(Cl)cc3c2=O)sc2c1CCCC2. The molecule has 156 valence electrons. The highest BCUT2D eigenvalue weighted by Gasteiger charge is 2.28. The number of nitrogens with zero attached hydrogens (tertiary/aromatic N) is 2. The van der Waals surface area contributed by atoms with Crippen LogP contribution >= 0.6 is 22.9 Å². The Morgan fingerprint density at radius 1 is 1.30 bits per heavy atom. The van der Waals surface area contributed by atoms with Crippen molar-refractivity contribution < 1.29 is 14.3 Å². The van der Waals surface area contributed by atoms with Gasteiger partial charge in [0.2, 0.25) is 5.43 Å². The molecule has 0 atom stereocenters. The third kappa shape index (κ3) is 3.61. The number of hydrogen-bond acceptors (Lipinski definition) is 6. The number of nitrogens with one attached hydrogen (secondary N) is 1. The maximum Gasteiger partial charge on any atom is 0.341 e. The van der Waals surface area contributed by atoms with Crippen LogP contribution in [0.2, 0.25) is 5.02 Å². The molecule has 1 amide bonds. The number of anilines is 1. The molecule has 0 radical (unpaired) electrons. The lowest BCUT2D eigenvalue weighted by molar-refractivity contribution is 0.0526. The first-order valence-corrected chi connectivity index (χ1v) is 10.9. The van der Waals surface area contributed by atoms with Crippen molar-refractivity contribution >= 4 is 50.7 Å². The second-order valence-electron chi connectivity index (χ2n) is 7.05. The smallest absolute Gasteiger partial charge is 0.341 e. The Labute approximate surface area is 181 Å². The average Bonchev–Trinajstić information content (AvgIpc) is 3.08. The van der Waals surface area contributed by atoms with Crippen LogP contribution < -0.4 is 10.7 Å². The average molecular weight is 446 g/mol. The summed E-state index contributed by atoms with van der Waals surface area (Å²) in [5.74, 6) is -1.13. The van der Waals surface area contributed by atoms with Gasteiger partial charge in [0.15, 0.2) is 5.69 Å². The third-order valence-electron chi connectivity index (χ3n) is 5.11. The van der Waals surface area contributed by atoms with E-state index in [0.29, 0.717) is 26.5 Å². The second-order valence-corrected chi connectivity index (χ2v) is 8.59. The first kappa shape index (κ1) is 20.6. The lowest BCUT2D eigenvalue weighted by Gasteiger charge is -2.12. The van der Waals surface area contributed by atoms with Crippen molar-refractivity contribution in [2.45, 2.75) is 32.6 Å². The van der Waals surface area contributed by atoms with E-state index in [1.807, 2.05) is 0 Å². The molecular weight excluding hydrogens is 426 g/mol. The number of amides is 1. The van der Waals surface area contributed by atoms with Crippen LogP contribution in [-0.2, 0) is 24.6 Å². The van der Waals surface area contributed by atoms with Crippen molar-refractivity contribution in [3.05, 3.63) is 55.1 Å². The number of ether oxygens (including phenoxy) is 1. The molecule has 0 unspecified atom stereocenters. The molecule has 3 aromatic rings. The summed E-state index contributed by atoms with van der Waals surface area (Å²) in [4.78, 5) is 39.6. The van der Waals surface area contributed by atoms with Crippen LogP contribution in [0.5, 0.6) is 0 Å². The maximum atomic E-state index is 13.0. The fraction of sp³-hybridized carbons (Fsp3) is 0.333. The molecule has 1 aliphatic rings. The maximum absolute atomic E-state index is 13.0. The summed E-state index contributed by atoms with van der Waals surface area (Å²) in [5.41, 5.74) is 1.13. The molecule has 4 rings (SSSR count). The summed E-state index contributed by atoms with van der Waals surface area (Å²) in [6.07, 6.45) is 3.65. The van der Waals surface area contributed by atoms with E-state index in [9.17, 15) is 14.4 Å². The van der Waals surface area contributed by atoms with Crippen molar-refractivity contribution in [1.29, 1.82) is 0 Å². The number of halogens is 1. The van der Waals surface area contributed by atoms with Crippen molar-refractivity contribution in [3.63, 3.8) is 0 Å². The number of aromatic nitrogens is 2. The van der Waals surface area contributed by atoms with Gasteiger partial charge in [-0.05, 0) is 56.4 Å². The van der Waals surface area contributed by atoms with Crippen LogP contribution in [0.1, 0.15) is 51.1 Å². The van der Waals surface area contributed by atoms with Crippen LogP contribution in [-0.4, -0.2) is 28.3 Å². The van der Waals surface area contributed by atoms with Gasteiger partial charge in [-0.3, -0.25) is 14.3 Å². The first-order chi connectivity index (χ1) is 14.4. The Bertz CT molecular complexity index is 1230. The molecule has 0 aliphatic heterocycles. The predicted molar refractivity (Wildman–Crippen MR) is 117 cm³/mol. The number of benzene rings is 1. The van der Waals surface area contributed by atoms with E-state index in [1.54, 1.807) is 26.1 Å². The van der Waals surface area contributed by atoms with Gasteiger partial charge in [0.05, 0.1) is 23.1 Å². The molecule has 1 aliphatic carbocycles. The Morgan fingerprint density at radius 3 is 2.83 bits per heavy atom. The molecule has 7 nitrogen and oxygen atoms in total. The fourth-order valence-corrected chi connectivity index (χ4v) is 5.18. The molecule has 0 saturated carbocycles.